The molecule has 0 spiro atoms. The van der Waals surface area contributed by atoms with E-state index in [1.54, 1.807) is 0 Å². The largest absolute Gasteiger partial charge is 0.494 e. The quantitative estimate of drug-likeness (QED) is 0.901. The van der Waals surface area contributed by atoms with Gasteiger partial charge >= 0.3 is 0 Å². The van der Waals surface area contributed by atoms with Crippen molar-refractivity contribution in [2.75, 3.05) is 12.3 Å². The fraction of sp³-hybridized carbons (Fsp3) is 0.154. The van der Waals surface area contributed by atoms with Crippen LogP contribution < -0.4 is 10.5 Å². The highest BCUT2D eigenvalue weighted by Crippen LogP contribution is 2.33. The minimum absolute atomic E-state index is 0.543. The van der Waals surface area contributed by atoms with E-state index < -0.39 is 0 Å². The first-order valence-electron chi connectivity index (χ1n) is 5.27. The molecule has 0 saturated carbocycles. The Hall–Kier alpha value is -1.99. The van der Waals surface area contributed by atoms with Gasteiger partial charge in [-0.15, -0.1) is 11.3 Å². The van der Waals surface area contributed by atoms with Gasteiger partial charge in [-0.2, -0.15) is 5.26 Å². The maximum Gasteiger partial charge on any atom is 0.128 e. The second-order valence-corrected chi connectivity index (χ2v) is 4.52. The summed E-state index contributed by atoms with van der Waals surface area (Å²) in [7, 11) is 0. The summed E-state index contributed by atoms with van der Waals surface area (Å²) in [5.41, 5.74) is 7.32. The van der Waals surface area contributed by atoms with Crippen molar-refractivity contribution in [1.29, 1.82) is 5.26 Å². The van der Waals surface area contributed by atoms with E-state index in [2.05, 4.69) is 6.07 Å². The van der Waals surface area contributed by atoms with Crippen LogP contribution in [-0.2, 0) is 0 Å². The topological polar surface area (TPSA) is 59.0 Å². The highest BCUT2D eigenvalue weighted by atomic mass is 32.1. The van der Waals surface area contributed by atoms with Crippen molar-refractivity contribution >= 4 is 17.0 Å². The van der Waals surface area contributed by atoms with Gasteiger partial charge in [-0.3, -0.25) is 0 Å². The van der Waals surface area contributed by atoms with Crippen LogP contribution in [0, 0.1) is 11.3 Å². The molecule has 0 unspecified atom stereocenters. The molecule has 0 radical (unpaired) electrons. The molecule has 0 atom stereocenters. The Morgan fingerprint density at radius 3 is 2.59 bits per heavy atom. The van der Waals surface area contributed by atoms with Gasteiger partial charge in [0.25, 0.3) is 0 Å². The summed E-state index contributed by atoms with van der Waals surface area (Å²) < 4.78 is 5.37. The van der Waals surface area contributed by atoms with E-state index in [0.29, 0.717) is 17.2 Å². The lowest BCUT2D eigenvalue weighted by molar-refractivity contribution is 0.340. The Morgan fingerprint density at radius 2 is 2.06 bits per heavy atom. The van der Waals surface area contributed by atoms with Gasteiger partial charge in [0.05, 0.1) is 12.3 Å². The first-order chi connectivity index (χ1) is 8.24. The predicted octanol–water partition coefficient (Wildman–Crippen LogP) is 3.27. The Kier molecular flexibility index (Phi) is 3.31. The summed E-state index contributed by atoms with van der Waals surface area (Å²) >= 11 is 1.40. The molecule has 0 aliphatic rings. The lowest BCUT2D eigenvalue weighted by atomic mass is 10.2. The molecule has 3 nitrogen and oxygen atoms in total. The fourth-order valence-corrected chi connectivity index (χ4v) is 2.40. The first kappa shape index (κ1) is 11.5. The third-order valence-electron chi connectivity index (χ3n) is 2.31. The molecule has 2 rings (SSSR count). The van der Waals surface area contributed by atoms with E-state index in [1.165, 1.54) is 11.3 Å². The van der Waals surface area contributed by atoms with Gasteiger partial charge in [0.15, 0.2) is 0 Å². The fourth-order valence-electron chi connectivity index (χ4n) is 1.52. The van der Waals surface area contributed by atoms with Gasteiger partial charge in [-0.05, 0) is 42.8 Å². The summed E-state index contributed by atoms with van der Waals surface area (Å²) in [6.45, 7) is 2.61. The average Bonchev–Trinajstić information content (AvgIpc) is 2.72. The number of anilines is 1. The van der Waals surface area contributed by atoms with Crippen molar-refractivity contribution in [3.8, 4) is 22.3 Å². The second kappa shape index (κ2) is 4.89. The Bertz CT molecular complexity index is 552. The van der Waals surface area contributed by atoms with Crippen molar-refractivity contribution in [1.82, 2.24) is 0 Å². The molecule has 0 aliphatic heterocycles. The normalized spacial score (nSPS) is 9.88. The van der Waals surface area contributed by atoms with Crippen LogP contribution in [-0.4, -0.2) is 6.61 Å². The van der Waals surface area contributed by atoms with Crippen molar-refractivity contribution in [3.63, 3.8) is 0 Å². The van der Waals surface area contributed by atoms with Crippen LogP contribution in [0.15, 0.2) is 30.3 Å². The highest BCUT2D eigenvalue weighted by Gasteiger charge is 2.07. The van der Waals surface area contributed by atoms with Gasteiger partial charge in [-0.1, -0.05) is 0 Å². The molecule has 1 heterocycles. The van der Waals surface area contributed by atoms with E-state index >= 15 is 0 Å². The van der Waals surface area contributed by atoms with Crippen LogP contribution in [0.25, 0.3) is 10.4 Å². The SMILES string of the molecule is CCOc1ccc(-c2cc(N)c(C#N)s2)cc1. The number of nitrogen functional groups attached to an aromatic ring is 1. The zero-order valence-corrected chi connectivity index (χ0v) is 10.3. The number of hydrogen-bond acceptors (Lipinski definition) is 4. The standard InChI is InChI=1S/C13H12N2OS/c1-2-16-10-5-3-9(4-6-10)12-7-11(15)13(8-14)17-12/h3-7H,2,15H2,1H3. The minimum atomic E-state index is 0.543. The van der Waals surface area contributed by atoms with Crippen molar-refractivity contribution in [3.05, 3.63) is 35.2 Å². The van der Waals surface area contributed by atoms with Crippen molar-refractivity contribution in [2.24, 2.45) is 0 Å². The van der Waals surface area contributed by atoms with Gasteiger partial charge < -0.3 is 10.5 Å². The zero-order valence-electron chi connectivity index (χ0n) is 9.43. The van der Waals surface area contributed by atoms with Gasteiger partial charge in [-0.25, -0.2) is 0 Å². The molecule has 0 saturated heterocycles. The number of thiophene rings is 1. The number of ether oxygens (including phenoxy) is 1. The monoisotopic (exact) mass is 244 g/mol. The van der Waals surface area contributed by atoms with Crippen LogP contribution in [0.2, 0.25) is 0 Å². The third-order valence-corrected chi connectivity index (χ3v) is 3.42. The lowest BCUT2D eigenvalue weighted by Crippen LogP contribution is -1.90. The summed E-state index contributed by atoms with van der Waals surface area (Å²) in [4.78, 5) is 1.57. The van der Waals surface area contributed by atoms with Gasteiger partial charge in [0.1, 0.15) is 16.7 Å². The smallest absolute Gasteiger partial charge is 0.128 e. The molecular weight excluding hydrogens is 232 g/mol. The van der Waals surface area contributed by atoms with Crippen molar-refractivity contribution < 1.29 is 4.74 Å². The summed E-state index contributed by atoms with van der Waals surface area (Å²) in [6.07, 6.45) is 0. The van der Waals surface area contributed by atoms with Crippen LogP contribution in [0.1, 0.15) is 11.8 Å². The van der Waals surface area contributed by atoms with Crippen LogP contribution >= 0.6 is 11.3 Å². The summed E-state index contributed by atoms with van der Waals surface area (Å²) in [5.74, 6) is 0.848. The van der Waals surface area contributed by atoms with Gasteiger partial charge in [0.2, 0.25) is 0 Å². The number of hydrogen-bond donors (Lipinski definition) is 1. The molecule has 0 bridgehead atoms. The maximum atomic E-state index is 8.85. The van der Waals surface area contributed by atoms with E-state index in [9.17, 15) is 0 Å². The Morgan fingerprint density at radius 1 is 1.35 bits per heavy atom. The van der Waals surface area contributed by atoms with Gasteiger partial charge in [0, 0.05) is 4.88 Å². The van der Waals surface area contributed by atoms with E-state index in [4.69, 9.17) is 15.7 Å². The molecule has 2 aromatic rings. The molecule has 17 heavy (non-hydrogen) atoms. The molecule has 1 aromatic carbocycles. The molecule has 86 valence electrons. The first-order valence-corrected chi connectivity index (χ1v) is 6.09. The molecule has 0 fully saturated rings. The molecule has 2 N–H and O–H groups in total. The lowest BCUT2D eigenvalue weighted by Gasteiger charge is -2.03. The third kappa shape index (κ3) is 2.40. The number of nitriles is 1. The van der Waals surface area contributed by atoms with Crippen LogP contribution in [0.4, 0.5) is 5.69 Å². The number of nitrogens with two attached hydrogens (primary N) is 1. The van der Waals surface area contributed by atoms with E-state index in [0.717, 1.165) is 16.2 Å². The molecule has 4 heteroatoms. The minimum Gasteiger partial charge on any atom is -0.494 e. The highest BCUT2D eigenvalue weighted by molar-refractivity contribution is 7.16. The number of rotatable bonds is 3. The zero-order chi connectivity index (χ0) is 12.3. The molecule has 0 aliphatic carbocycles. The maximum absolute atomic E-state index is 8.85. The predicted molar refractivity (Wildman–Crippen MR) is 70.1 cm³/mol. The Labute approximate surface area is 104 Å². The molecular formula is C13H12N2OS. The van der Waals surface area contributed by atoms with Crippen LogP contribution in [0.5, 0.6) is 5.75 Å². The molecule has 0 amide bonds. The molecule has 1 aromatic heterocycles. The second-order valence-electron chi connectivity index (χ2n) is 3.46. The summed E-state index contributed by atoms with van der Waals surface area (Å²) in [5, 5.41) is 8.85. The summed E-state index contributed by atoms with van der Waals surface area (Å²) in [6, 6.07) is 11.7. The van der Waals surface area contributed by atoms with E-state index in [1.807, 2.05) is 37.3 Å². The van der Waals surface area contributed by atoms with Crippen LogP contribution in [0.3, 0.4) is 0 Å². The van der Waals surface area contributed by atoms with E-state index in [-0.39, 0.29) is 0 Å². The average molecular weight is 244 g/mol. The number of nitrogens with zero attached hydrogens (tertiary/aromatic N) is 1. The Balaban J connectivity index is 2.30. The van der Waals surface area contributed by atoms with Crippen molar-refractivity contribution in [2.45, 2.75) is 6.92 Å². The number of benzene rings is 1.